The van der Waals surface area contributed by atoms with Crippen LogP contribution in [-0.2, 0) is 11.2 Å². The minimum Gasteiger partial charge on any atom is -0.491 e. The first-order valence-corrected chi connectivity index (χ1v) is 8.64. The van der Waals surface area contributed by atoms with E-state index in [2.05, 4.69) is 35.9 Å². The Labute approximate surface area is 129 Å². The van der Waals surface area contributed by atoms with Crippen LogP contribution < -0.4 is 4.74 Å². The van der Waals surface area contributed by atoms with Crippen LogP contribution >= 0.6 is 23.1 Å². The molecular formula is C16H20O2S2. The molecule has 0 aliphatic heterocycles. The van der Waals surface area contributed by atoms with Gasteiger partial charge in [-0.2, -0.15) is 11.3 Å². The lowest BCUT2D eigenvalue weighted by molar-refractivity contribution is 0.0750. The Morgan fingerprint density at radius 1 is 1.20 bits per heavy atom. The van der Waals surface area contributed by atoms with Gasteiger partial charge < -0.3 is 9.47 Å². The Morgan fingerprint density at radius 2 is 2.00 bits per heavy atom. The molecule has 0 N–H and O–H groups in total. The molecule has 2 aromatic rings. The van der Waals surface area contributed by atoms with E-state index >= 15 is 0 Å². The SMILES string of the molecule is CCc1ccc(OCC(CSc2ccsc2)OC)cc1. The van der Waals surface area contributed by atoms with Gasteiger partial charge in [0.05, 0.1) is 0 Å². The maximum atomic E-state index is 5.79. The minimum absolute atomic E-state index is 0.103. The van der Waals surface area contributed by atoms with Crippen LogP contribution in [0.1, 0.15) is 12.5 Å². The van der Waals surface area contributed by atoms with Crippen molar-refractivity contribution in [3.63, 3.8) is 0 Å². The monoisotopic (exact) mass is 308 g/mol. The molecular weight excluding hydrogens is 288 g/mol. The number of thiophene rings is 1. The Balaban J connectivity index is 1.77. The van der Waals surface area contributed by atoms with Crippen molar-refractivity contribution < 1.29 is 9.47 Å². The third-order valence-corrected chi connectivity index (χ3v) is 4.99. The molecule has 1 aromatic carbocycles. The van der Waals surface area contributed by atoms with Crippen molar-refractivity contribution in [1.82, 2.24) is 0 Å². The first-order valence-electron chi connectivity index (χ1n) is 6.71. The summed E-state index contributed by atoms with van der Waals surface area (Å²) >= 11 is 3.53. The molecule has 0 bridgehead atoms. The molecule has 0 amide bonds. The average molecular weight is 308 g/mol. The molecule has 0 spiro atoms. The highest BCUT2D eigenvalue weighted by Crippen LogP contribution is 2.22. The van der Waals surface area contributed by atoms with E-state index in [1.165, 1.54) is 10.5 Å². The van der Waals surface area contributed by atoms with Crippen molar-refractivity contribution in [2.45, 2.75) is 24.3 Å². The lowest BCUT2D eigenvalue weighted by atomic mass is 10.2. The third kappa shape index (κ3) is 4.85. The molecule has 4 heteroatoms. The fraction of sp³-hybridized carbons (Fsp3) is 0.375. The van der Waals surface area contributed by atoms with Crippen molar-refractivity contribution in [1.29, 1.82) is 0 Å². The van der Waals surface area contributed by atoms with Crippen molar-refractivity contribution >= 4 is 23.1 Å². The van der Waals surface area contributed by atoms with Crippen molar-refractivity contribution in [2.24, 2.45) is 0 Å². The quantitative estimate of drug-likeness (QED) is 0.669. The number of methoxy groups -OCH3 is 1. The summed E-state index contributed by atoms with van der Waals surface area (Å²) in [6.45, 7) is 2.73. The summed E-state index contributed by atoms with van der Waals surface area (Å²) in [6.07, 6.45) is 1.16. The van der Waals surface area contributed by atoms with Gasteiger partial charge in [-0.05, 0) is 35.6 Å². The molecule has 2 rings (SSSR count). The minimum atomic E-state index is 0.103. The average Bonchev–Trinajstić information content (AvgIpc) is 3.01. The fourth-order valence-corrected chi connectivity index (χ4v) is 3.53. The Bertz CT molecular complexity index is 480. The Hall–Kier alpha value is -0.970. The lowest BCUT2D eigenvalue weighted by Gasteiger charge is -2.15. The van der Waals surface area contributed by atoms with E-state index in [1.807, 2.05) is 12.1 Å². The summed E-state index contributed by atoms with van der Waals surface area (Å²) in [5.74, 6) is 1.81. The van der Waals surface area contributed by atoms with Crippen LogP contribution in [0.25, 0.3) is 0 Å². The van der Waals surface area contributed by atoms with Gasteiger partial charge in [0.2, 0.25) is 0 Å². The molecule has 0 aliphatic carbocycles. The molecule has 1 unspecified atom stereocenters. The van der Waals surface area contributed by atoms with Gasteiger partial charge in [-0.25, -0.2) is 0 Å². The highest BCUT2D eigenvalue weighted by Gasteiger charge is 2.09. The van der Waals surface area contributed by atoms with Gasteiger partial charge in [0.1, 0.15) is 18.5 Å². The van der Waals surface area contributed by atoms with Gasteiger partial charge in [-0.3, -0.25) is 0 Å². The molecule has 108 valence electrons. The van der Waals surface area contributed by atoms with Crippen molar-refractivity contribution in [3.05, 3.63) is 46.7 Å². The molecule has 2 nitrogen and oxygen atoms in total. The number of aryl methyl sites for hydroxylation is 1. The first kappa shape index (κ1) is 15.4. The number of hydrogen-bond acceptors (Lipinski definition) is 4. The zero-order valence-corrected chi connectivity index (χ0v) is 13.5. The van der Waals surface area contributed by atoms with E-state index in [9.17, 15) is 0 Å². The highest BCUT2D eigenvalue weighted by molar-refractivity contribution is 7.99. The van der Waals surface area contributed by atoms with E-state index in [0.717, 1.165) is 17.9 Å². The maximum Gasteiger partial charge on any atom is 0.119 e. The second-order valence-corrected chi connectivity index (χ2v) is 6.31. The van der Waals surface area contributed by atoms with Crippen molar-refractivity contribution in [2.75, 3.05) is 19.5 Å². The normalized spacial score (nSPS) is 12.3. The second kappa shape index (κ2) is 8.35. The van der Waals surface area contributed by atoms with Gasteiger partial charge >= 0.3 is 0 Å². The lowest BCUT2D eigenvalue weighted by Crippen LogP contribution is -2.22. The standard InChI is InChI=1S/C16H20O2S2/c1-3-13-4-6-14(7-5-13)18-10-15(17-2)11-20-16-8-9-19-12-16/h4-9,12,15H,3,10-11H2,1-2H3. The van der Waals surface area contributed by atoms with E-state index in [4.69, 9.17) is 9.47 Å². The number of benzene rings is 1. The summed E-state index contributed by atoms with van der Waals surface area (Å²) in [5, 5.41) is 4.25. The van der Waals surface area contributed by atoms with Gasteiger partial charge in [-0.1, -0.05) is 19.1 Å². The zero-order valence-electron chi connectivity index (χ0n) is 11.9. The zero-order chi connectivity index (χ0) is 14.2. The molecule has 0 saturated carbocycles. The molecule has 0 saturated heterocycles. The van der Waals surface area contributed by atoms with Gasteiger partial charge in [-0.15, -0.1) is 11.8 Å². The summed E-state index contributed by atoms with van der Waals surface area (Å²) < 4.78 is 11.3. The Morgan fingerprint density at radius 3 is 2.60 bits per heavy atom. The number of thioether (sulfide) groups is 1. The van der Waals surface area contributed by atoms with E-state index in [1.54, 1.807) is 30.2 Å². The van der Waals surface area contributed by atoms with Crippen LogP contribution in [0.15, 0.2) is 46.0 Å². The molecule has 0 aliphatic rings. The van der Waals surface area contributed by atoms with Gasteiger partial charge in [0, 0.05) is 23.1 Å². The van der Waals surface area contributed by atoms with E-state index in [-0.39, 0.29) is 6.10 Å². The molecule has 0 radical (unpaired) electrons. The highest BCUT2D eigenvalue weighted by atomic mass is 32.2. The second-order valence-electron chi connectivity index (χ2n) is 4.44. The van der Waals surface area contributed by atoms with Crippen LogP contribution in [0.5, 0.6) is 5.75 Å². The predicted octanol–water partition coefficient (Wildman–Crippen LogP) is 4.50. The van der Waals surface area contributed by atoms with E-state index < -0.39 is 0 Å². The van der Waals surface area contributed by atoms with Crippen LogP contribution in [0.4, 0.5) is 0 Å². The van der Waals surface area contributed by atoms with Gasteiger partial charge in [0.15, 0.2) is 0 Å². The molecule has 20 heavy (non-hydrogen) atoms. The third-order valence-electron chi connectivity index (χ3n) is 3.03. The maximum absolute atomic E-state index is 5.79. The molecule has 1 aromatic heterocycles. The molecule has 0 fully saturated rings. The topological polar surface area (TPSA) is 18.5 Å². The molecule has 1 atom stereocenters. The van der Waals surface area contributed by atoms with Crippen LogP contribution in [-0.4, -0.2) is 25.6 Å². The fourth-order valence-electron chi connectivity index (χ4n) is 1.72. The number of hydrogen-bond donors (Lipinski definition) is 0. The van der Waals surface area contributed by atoms with E-state index in [0.29, 0.717) is 6.61 Å². The van der Waals surface area contributed by atoms with Crippen LogP contribution in [0, 0.1) is 0 Å². The predicted molar refractivity (Wildman–Crippen MR) is 87.2 cm³/mol. The first-order chi connectivity index (χ1) is 9.81. The number of rotatable bonds is 8. The summed E-state index contributed by atoms with van der Waals surface area (Å²) in [4.78, 5) is 1.30. The van der Waals surface area contributed by atoms with Gasteiger partial charge in [0.25, 0.3) is 0 Å². The number of ether oxygens (including phenoxy) is 2. The Kier molecular flexibility index (Phi) is 6.43. The van der Waals surface area contributed by atoms with Crippen LogP contribution in [0.3, 0.4) is 0 Å². The summed E-state index contributed by atoms with van der Waals surface area (Å²) in [7, 11) is 1.74. The molecule has 1 heterocycles. The summed E-state index contributed by atoms with van der Waals surface area (Å²) in [6, 6.07) is 10.4. The summed E-state index contributed by atoms with van der Waals surface area (Å²) in [5.41, 5.74) is 1.33. The van der Waals surface area contributed by atoms with Crippen molar-refractivity contribution in [3.8, 4) is 5.75 Å². The van der Waals surface area contributed by atoms with Crippen LogP contribution in [0.2, 0.25) is 0 Å². The largest absolute Gasteiger partial charge is 0.491 e. The smallest absolute Gasteiger partial charge is 0.119 e.